The van der Waals surface area contributed by atoms with Gasteiger partial charge in [0.25, 0.3) is 0 Å². The molecule has 0 fully saturated rings. The summed E-state index contributed by atoms with van der Waals surface area (Å²) in [5, 5.41) is 0. The Morgan fingerprint density at radius 2 is 0.475 bits per heavy atom. The van der Waals surface area contributed by atoms with Crippen LogP contribution in [0.15, 0.2) is 60.8 Å². The molecule has 0 aromatic heterocycles. The van der Waals surface area contributed by atoms with Crippen LogP contribution in [0.25, 0.3) is 0 Å². The van der Waals surface area contributed by atoms with Crippen LogP contribution in [0.1, 0.15) is 374 Å². The van der Waals surface area contributed by atoms with Gasteiger partial charge in [-0.2, -0.15) is 0 Å². The zero-order chi connectivity index (χ0) is 57.8. The van der Waals surface area contributed by atoms with E-state index in [9.17, 15) is 14.4 Å². The predicted molar refractivity (Wildman–Crippen MR) is 348 cm³/mol. The van der Waals surface area contributed by atoms with Crippen molar-refractivity contribution in [2.45, 2.75) is 380 Å². The van der Waals surface area contributed by atoms with E-state index in [1.54, 1.807) is 0 Å². The van der Waals surface area contributed by atoms with Gasteiger partial charge in [0.15, 0.2) is 6.10 Å². The summed E-state index contributed by atoms with van der Waals surface area (Å²) in [5.74, 6) is -0.865. The molecule has 80 heavy (non-hydrogen) atoms. The number of hydrogen-bond donors (Lipinski definition) is 0. The smallest absolute Gasteiger partial charge is 0.306 e. The second-order valence-corrected chi connectivity index (χ2v) is 23.8. The number of ether oxygens (including phenoxy) is 3. The molecular weight excluding hydrogens is 985 g/mol. The van der Waals surface area contributed by atoms with E-state index in [0.717, 1.165) is 96.3 Å². The molecule has 6 nitrogen and oxygen atoms in total. The third kappa shape index (κ3) is 65.9. The molecule has 0 aliphatic carbocycles. The number of carbonyl (C=O) groups excluding carboxylic acids is 3. The van der Waals surface area contributed by atoms with Gasteiger partial charge < -0.3 is 14.2 Å². The number of allylic oxidation sites excluding steroid dienone is 10. The van der Waals surface area contributed by atoms with Crippen LogP contribution >= 0.6 is 0 Å². The van der Waals surface area contributed by atoms with E-state index in [2.05, 4.69) is 81.5 Å². The van der Waals surface area contributed by atoms with Crippen LogP contribution in [-0.4, -0.2) is 37.2 Å². The summed E-state index contributed by atoms with van der Waals surface area (Å²) in [6.45, 7) is 6.61. The largest absolute Gasteiger partial charge is 0.462 e. The average molecular weight is 1120 g/mol. The minimum absolute atomic E-state index is 0.0736. The third-order valence-electron chi connectivity index (χ3n) is 15.7. The second-order valence-electron chi connectivity index (χ2n) is 23.8. The predicted octanol–water partition coefficient (Wildman–Crippen LogP) is 24.3. The lowest BCUT2D eigenvalue weighted by molar-refractivity contribution is -0.167. The fourth-order valence-electron chi connectivity index (χ4n) is 10.4. The fraction of sp³-hybridized carbons (Fsp3) is 0.824. The summed E-state index contributed by atoms with van der Waals surface area (Å²) in [6, 6.07) is 0. The highest BCUT2D eigenvalue weighted by molar-refractivity contribution is 5.71. The molecule has 1 atom stereocenters. The minimum Gasteiger partial charge on any atom is -0.462 e. The Morgan fingerprint density at radius 1 is 0.250 bits per heavy atom. The second kappa shape index (κ2) is 68.6. The first-order valence-corrected chi connectivity index (χ1v) is 35.3. The number of unbranched alkanes of at least 4 members (excludes halogenated alkanes) is 44. The molecule has 0 aromatic rings. The highest BCUT2D eigenvalue weighted by Gasteiger charge is 2.19. The van der Waals surface area contributed by atoms with E-state index in [1.165, 1.54) is 238 Å². The molecule has 0 N–H and O–H groups in total. The van der Waals surface area contributed by atoms with E-state index in [-0.39, 0.29) is 31.1 Å². The van der Waals surface area contributed by atoms with E-state index in [4.69, 9.17) is 14.2 Å². The van der Waals surface area contributed by atoms with Crippen molar-refractivity contribution in [3.8, 4) is 0 Å². The van der Waals surface area contributed by atoms with E-state index < -0.39 is 6.10 Å². The average Bonchev–Trinajstić information content (AvgIpc) is 3.46. The molecule has 1 unspecified atom stereocenters. The summed E-state index contributed by atoms with van der Waals surface area (Å²) in [5.41, 5.74) is 0. The van der Waals surface area contributed by atoms with Gasteiger partial charge >= 0.3 is 17.9 Å². The first-order chi connectivity index (χ1) is 39.5. The van der Waals surface area contributed by atoms with Crippen molar-refractivity contribution < 1.29 is 28.6 Å². The monoisotopic (exact) mass is 1120 g/mol. The molecule has 0 aliphatic heterocycles. The van der Waals surface area contributed by atoms with Crippen molar-refractivity contribution in [2.75, 3.05) is 13.2 Å². The first kappa shape index (κ1) is 77.1. The number of carbonyl (C=O) groups is 3. The first-order valence-electron chi connectivity index (χ1n) is 35.3. The van der Waals surface area contributed by atoms with Gasteiger partial charge in [0.05, 0.1) is 0 Å². The summed E-state index contributed by atoms with van der Waals surface area (Å²) in [4.78, 5) is 38.3. The van der Waals surface area contributed by atoms with Crippen molar-refractivity contribution in [1.29, 1.82) is 0 Å². The molecule has 0 saturated carbocycles. The van der Waals surface area contributed by atoms with E-state index in [1.807, 2.05) is 0 Å². The zero-order valence-electron chi connectivity index (χ0n) is 53.6. The summed E-state index contributed by atoms with van der Waals surface area (Å²) >= 11 is 0. The lowest BCUT2D eigenvalue weighted by atomic mass is 10.0. The molecule has 0 bridgehead atoms. The van der Waals surface area contributed by atoms with Crippen molar-refractivity contribution in [3.63, 3.8) is 0 Å². The zero-order valence-corrected chi connectivity index (χ0v) is 53.6. The molecular formula is C74H134O6. The van der Waals surface area contributed by atoms with Crippen molar-refractivity contribution in [2.24, 2.45) is 0 Å². The number of hydrogen-bond acceptors (Lipinski definition) is 6. The molecule has 0 rings (SSSR count). The van der Waals surface area contributed by atoms with Crippen LogP contribution in [0.5, 0.6) is 0 Å². The third-order valence-corrected chi connectivity index (χ3v) is 15.7. The highest BCUT2D eigenvalue weighted by Crippen LogP contribution is 2.18. The molecule has 6 heteroatoms. The van der Waals surface area contributed by atoms with E-state index in [0.29, 0.717) is 19.3 Å². The van der Waals surface area contributed by atoms with Crippen molar-refractivity contribution >= 4 is 17.9 Å². The van der Waals surface area contributed by atoms with Crippen LogP contribution in [0, 0.1) is 0 Å². The van der Waals surface area contributed by atoms with Crippen LogP contribution in [-0.2, 0) is 28.6 Å². The quantitative estimate of drug-likeness (QED) is 0.0261. The van der Waals surface area contributed by atoms with Gasteiger partial charge in [0, 0.05) is 19.3 Å². The maximum Gasteiger partial charge on any atom is 0.306 e. The van der Waals surface area contributed by atoms with Crippen LogP contribution in [0.2, 0.25) is 0 Å². The molecule has 0 spiro atoms. The Kier molecular flexibility index (Phi) is 66.1. The van der Waals surface area contributed by atoms with Gasteiger partial charge in [0.1, 0.15) is 13.2 Å². The molecule has 0 amide bonds. The molecule has 0 aliphatic rings. The summed E-state index contributed by atoms with van der Waals surface area (Å²) in [7, 11) is 0. The number of rotatable bonds is 65. The normalized spacial score (nSPS) is 12.4. The van der Waals surface area contributed by atoms with Crippen molar-refractivity contribution in [1.82, 2.24) is 0 Å². The maximum absolute atomic E-state index is 12.9. The molecule has 0 radical (unpaired) electrons. The lowest BCUT2D eigenvalue weighted by Gasteiger charge is -2.18. The Hall–Kier alpha value is -2.89. The molecule has 0 saturated heterocycles. The molecule has 0 aromatic carbocycles. The van der Waals surface area contributed by atoms with Crippen LogP contribution < -0.4 is 0 Å². The van der Waals surface area contributed by atoms with Gasteiger partial charge in [-0.3, -0.25) is 14.4 Å². The summed E-state index contributed by atoms with van der Waals surface area (Å²) < 4.78 is 16.9. The number of esters is 3. The fourth-order valence-corrected chi connectivity index (χ4v) is 10.4. The Labute approximate surface area is 498 Å². The van der Waals surface area contributed by atoms with Crippen LogP contribution in [0.3, 0.4) is 0 Å². The Morgan fingerprint density at radius 3 is 0.750 bits per heavy atom. The standard InChI is InChI=1S/C74H134O6/c1-4-7-10-13-16-19-22-25-27-29-30-31-32-33-34-35-36-37-38-39-40-41-42-43-44-45-47-49-52-55-58-61-64-67-73(76)79-70-71(69-78-72(75)66-63-60-57-54-51-48-24-21-18-15-12-9-6-3)80-74(77)68-65-62-59-56-53-50-46-28-26-23-20-17-14-11-8-5-2/h12,15,21-22,24-25,29-30,32-33,71H,4-11,13-14,16-20,23,26-28,31,34-70H2,1-3H3/b15-12-,24-21-,25-22-,30-29-,33-32-. The summed E-state index contributed by atoms with van der Waals surface area (Å²) in [6.07, 6.45) is 88.3. The van der Waals surface area contributed by atoms with Gasteiger partial charge in [0.2, 0.25) is 0 Å². The van der Waals surface area contributed by atoms with Gasteiger partial charge in [-0.1, -0.05) is 332 Å². The Balaban J connectivity index is 4.13. The minimum atomic E-state index is -0.777. The maximum atomic E-state index is 12.9. The SMILES string of the molecule is CCC/C=C\C/C=C\CCCCCCCC(=O)OCC(COC(=O)CCCCCCCCCCCCCCCCCCCC/C=C\C/C=C\C/C=C\CCCCCCC)OC(=O)CCCCCCCCCCCCCCCCCC. The van der Waals surface area contributed by atoms with Crippen molar-refractivity contribution in [3.05, 3.63) is 60.8 Å². The topological polar surface area (TPSA) is 78.9 Å². The molecule has 466 valence electrons. The van der Waals surface area contributed by atoms with Gasteiger partial charge in [-0.05, 0) is 83.5 Å². The highest BCUT2D eigenvalue weighted by atomic mass is 16.6. The lowest BCUT2D eigenvalue weighted by Crippen LogP contribution is -2.30. The van der Waals surface area contributed by atoms with Gasteiger partial charge in [-0.25, -0.2) is 0 Å². The van der Waals surface area contributed by atoms with Crippen LogP contribution in [0.4, 0.5) is 0 Å². The molecule has 0 heterocycles. The van der Waals surface area contributed by atoms with E-state index >= 15 is 0 Å². The van der Waals surface area contributed by atoms with Gasteiger partial charge in [-0.15, -0.1) is 0 Å². The Bertz CT molecular complexity index is 1430.